The van der Waals surface area contributed by atoms with E-state index in [0.717, 1.165) is 36.2 Å². The molecule has 0 aliphatic heterocycles. The molecule has 2 N–H and O–H groups in total. The molecular formula is C19H27IN4S. The highest BCUT2D eigenvalue weighted by Crippen LogP contribution is 2.43. The predicted molar refractivity (Wildman–Crippen MR) is 117 cm³/mol. The number of hydrogen-bond acceptors (Lipinski definition) is 3. The summed E-state index contributed by atoms with van der Waals surface area (Å²) in [7, 11) is 1.83. The molecule has 4 nitrogen and oxygen atoms in total. The Morgan fingerprint density at radius 2 is 2.00 bits per heavy atom. The third kappa shape index (κ3) is 5.17. The minimum atomic E-state index is 0. The molecule has 1 aromatic carbocycles. The van der Waals surface area contributed by atoms with Crippen LogP contribution in [0.25, 0.3) is 0 Å². The van der Waals surface area contributed by atoms with Crippen LogP contribution in [-0.2, 0) is 11.8 Å². The maximum absolute atomic E-state index is 4.50. The Morgan fingerprint density at radius 1 is 1.24 bits per heavy atom. The second kappa shape index (κ2) is 9.52. The maximum Gasteiger partial charge on any atom is 0.191 e. The van der Waals surface area contributed by atoms with Gasteiger partial charge in [-0.25, -0.2) is 4.98 Å². The molecule has 1 saturated carbocycles. The van der Waals surface area contributed by atoms with E-state index in [2.05, 4.69) is 56.3 Å². The van der Waals surface area contributed by atoms with Crippen molar-refractivity contribution in [2.75, 3.05) is 20.1 Å². The molecule has 0 atom stereocenters. The number of guanidine groups is 1. The third-order valence-electron chi connectivity index (χ3n) is 4.85. The average Bonchev–Trinajstić information content (AvgIpc) is 2.98. The largest absolute Gasteiger partial charge is 0.356 e. The van der Waals surface area contributed by atoms with Gasteiger partial charge in [0.25, 0.3) is 0 Å². The van der Waals surface area contributed by atoms with Crippen LogP contribution in [-0.4, -0.2) is 31.1 Å². The Kier molecular flexibility index (Phi) is 7.68. The summed E-state index contributed by atoms with van der Waals surface area (Å²) in [5.74, 6) is 0.879. The van der Waals surface area contributed by atoms with Gasteiger partial charge in [-0.2, -0.15) is 0 Å². The Bertz CT molecular complexity index is 680. The van der Waals surface area contributed by atoms with E-state index in [4.69, 9.17) is 0 Å². The first-order valence-electron chi connectivity index (χ1n) is 8.63. The number of aliphatic imine (C=N–C) groups is 1. The van der Waals surface area contributed by atoms with E-state index in [1.165, 1.54) is 24.8 Å². The van der Waals surface area contributed by atoms with Crippen LogP contribution >= 0.6 is 35.3 Å². The van der Waals surface area contributed by atoms with E-state index >= 15 is 0 Å². The highest BCUT2D eigenvalue weighted by Gasteiger charge is 2.38. The fourth-order valence-electron chi connectivity index (χ4n) is 3.27. The SMILES string of the molecule is CN=C(NCCc1csc(C)n1)NCC1(c2ccccc2)CCC1.I. The van der Waals surface area contributed by atoms with Gasteiger partial charge in [0.1, 0.15) is 0 Å². The summed E-state index contributed by atoms with van der Waals surface area (Å²) in [6.45, 7) is 3.83. The van der Waals surface area contributed by atoms with E-state index in [0.29, 0.717) is 0 Å². The molecule has 3 rings (SSSR count). The Morgan fingerprint density at radius 3 is 2.56 bits per heavy atom. The van der Waals surface area contributed by atoms with Gasteiger partial charge in [0.05, 0.1) is 10.7 Å². The monoisotopic (exact) mass is 470 g/mol. The molecule has 136 valence electrons. The zero-order valence-corrected chi connectivity index (χ0v) is 18.1. The number of aryl methyl sites for hydroxylation is 1. The summed E-state index contributed by atoms with van der Waals surface area (Å²) in [5, 5.41) is 10.2. The number of nitrogens with one attached hydrogen (secondary N) is 2. The topological polar surface area (TPSA) is 49.3 Å². The van der Waals surface area contributed by atoms with Gasteiger partial charge in [0.15, 0.2) is 5.96 Å². The van der Waals surface area contributed by atoms with Gasteiger partial charge in [-0.1, -0.05) is 36.8 Å². The number of aromatic nitrogens is 1. The van der Waals surface area contributed by atoms with Gasteiger partial charge in [-0.15, -0.1) is 35.3 Å². The third-order valence-corrected chi connectivity index (χ3v) is 5.68. The van der Waals surface area contributed by atoms with Crippen molar-refractivity contribution in [3.05, 3.63) is 52.0 Å². The molecule has 0 unspecified atom stereocenters. The number of rotatable bonds is 6. The van der Waals surface area contributed by atoms with Crippen molar-refractivity contribution in [2.45, 2.75) is 38.0 Å². The molecule has 0 saturated heterocycles. The van der Waals surface area contributed by atoms with Crippen molar-refractivity contribution < 1.29 is 0 Å². The van der Waals surface area contributed by atoms with Crippen LogP contribution in [0.3, 0.4) is 0 Å². The summed E-state index contributed by atoms with van der Waals surface area (Å²) in [5.41, 5.74) is 2.86. The van der Waals surface area contributed by atoms with Gasteiger partial charge in [-0.05, 0) is 25.3 Å². The summed E-state index contributed by atoms with van der Waals surface area (Å²) < 4.78 is 0. The van der Waals surface area contributed by atoms with Crippen LogP contribution in [0.4, 0.5) is 0 Å². The maximum atomic E-state index is 4.50. The van der Waals surface area contributed by atoms with Crippen molar-refractivity contribution >= 4 is 41.3 Å². The van der Waals surface area contributed by atoms with Gasteiger partial charge in [0, 0.05) is 37.4 Å². The molecular weight excluding hydrogens is 443 g/mol. The molecule has 1 aliphatic carbocycles. The standard InChI is InChI=1S/C19H26N4S.HI/c1-15-23-17(13-24-15)9-12-21-18(20-2)22-14-19(10-6-11-19)16-7-4-3-5-8-16;/h3-5,7-8,13H,6,9-12,14H2,1-2H3,(H2,20,21,22);1H. The lowest BCUT2D eigenvalue weighted by molar-refractivity contribution is 0.244. The normalized spacial score (nSPS) is 15.8. The lowest BCUT2D eigenvalue weighted by Crippen LogP contribution is -2.49. The van der Waals surface area contributed by atoms with Crippen LogP contribution in [0.2, 0.25) is 0 Å². The quantitative estimate of drug-likeness (QED) is 0.383. The Balaban J connectivity index is 0.00000225. The van der Waals surface area contributed by atoms with E-state index in [-0.39, 0.29) is 29.4 Å². The summed E-state index contributed by atoms with van der Waals surface area (Å²) in [6, 6.07) is 10.9. The van der Waals surface area contributed by atoms with Crippen molar-refractivity contribution in [2.24, 2.45) is 4.99 Å². The molecule has 0 spiro atoms. The van der Waals surface area contributed by atoms with E-state index in [9.17, 15) is 0 Å². The number of thiazole rings is 1. The summed E-state index contributed by atoms with van der Waals surface area (Å²) >= 11 is 1.71. The molecule has 2 aromatic rings. The number of halogens is 1. The van der Waals surface area contributed by atoms with Crippen LogP contribution in [0.1, 0.15) is 35.5 Å². The van der Waals surface area contributed by atoms with Gasteiger partial charge in [0.2, 0.25) is 0 Å². The number of benzene rings is 1. The summed E-state index contributed by atoms with van der Waals surface area (Å²) in [6.07, 6.45) is 4.73. The average molecular weight is 470 g/mol. The molecule has 1 fully saturated rings. The van der Waals surface area contributed by atoms with Gasteiger partial charge >= 0.3 is 0 Å². The van der Waals surface area contributed by atoms with Crippen LogP contribution < -0.4 is 10.6 Å². The van der Waals surface area contributed by atoms with E-state index in [1.54, 1.807) is 11.3 Å². The second-order valence-electron chi connectivity index (χ2n) is 6.46. The molecule has 0 bridgehead atoms. The lowest BCUT2D eigenvalue weighted by Gasteiger charge is -2.43. The van der Waals surface area contributed by atoms with Gasteiger partial charge in [-0.3, -0.25) is 4.99 Å². The van der Waals surface area contributed by atoms with E-state index < -0.39 is 0 Å². The predicted octanol–water partition coefficient (Wildman–Crippen LogP) is 3.90. The zero-order chi connectivity index (χ0) is 16.8. The van der Waals surface area contributed by atoms with E-state index in [1.807, 2.05) is 14.0 Å². The van der Waals surface area contributed by atoms with Crippen molar-refractivity contribution in [3.63, 3.8) is 0 Å². The molecule has 1 aliphatic rings. The van der Waals surface area contributed by atoms with Crippen molar-refractivity contribution in [3.8, 4) is 0 Å². The molecule has 0 amide bonds. The zero-order valence-electron chi connectivity index (χ0n) is 14.9. The van der Waals surface area contributed by atoms with Crippen LogP contribution in [0, 0.1) is 6.92 Å². The molecule has 1 aromatic heterocycles. The van der Waals surface area contributed by atoms with Crippen LogP contribution in [0.5, 0.6) is 0 Å². The van der Waals surface area contributed by atoms with Crippen molar-refractivity contribution in [1.82, 2.24) is 15.6 Å². The minimum Gasteiger partial charge on any atom is -0.356 e. The Labute approximate surface area is 171 Å². The number of hydrogen-bond donors (Lipinski definition) is 2. The molecule has 1 heterocycles. The highest BCUT2D eigenvalue weighted by molar-refractivity contribution is 14.0. The summed E-state index contributed by atoms with van der Waals surface area (Å²) in [4.78, 5) is 8.86. The smallest absolute Gasteiger partial charge is 0.191 e. The minimum absolute atomic E-state index is 0. The first-order valence-corrected chi connectivity index (χ1v) is 9.51. The van der Waals surface area contributed by atoms with Gasteiger partial charge < -0.3 is 10.6 Å². The fourth-order valence-corrected chi connectivity index (χ4v) is 3.92. The first kappa shape index (κ1) is 20.2. The van der Waals surface area contributed by atoms with Crippen molar-refractivity contribution in [1.29, 1.82) is 0 Å². The second-order valence-corrected chi connectivity index (χ2v) is 7.52. The molecule has 0 radical (unpaired) electrons. The molecule has 6 heteroatoms. The van der Waals surface area contributed by atoms with Crippen LogP contribution in [0.15, 0.2) is 40.7 Å². The highest BCUT2D eigenvalue weighted by atomic mass is 127. The molecule has 25 heavy (non-hydrogen) atoms. The Hall–Kier alpha value is -1.15. The fraction of sp³-hybridized carbons (Fsp3) is 0.474. The number of nitrogens with zero attached hydrogens (tertiary/aromatic N) is 2. The lowest BCUT2D eigenvalue weighted by atomic mass is 9.64. The first-order chi connectivity index (χ1) is 11.7.